The van der Waals surface area contributed by atoms with Crippen molar-refractivity contribution < 1.29 is 9.84 Å². The molecule has 1 aromatic carbocycles. The van der Waals surface area contributed by atoms with E-state index in [1.807, 2.05) is 30.5 Å². The van der Waals surface area contributed by atoms with Gasteiger partial charge in [0, 0.05) is 23.6 Å². The molecule has 17 heavy (non-hydrogen) atoms. The number of ether oxygens (including phenoxy) is 1. The number of benzene rings is 1. The smallest absolute Gasteiger partial charge is 0.153 e. The molecule has 1 N–H and O–H groups in total. The van der Waals surface area contributed by atoms with Crippen molar-refractivity contribution in [2.45, 2.75) is 25.6 Å². The molecule has 3 nitrogen and oxygen atoms in total. The summed E-state index contributed by atoms with van der Waals surface area (Å²) in [5, 5.41) is 13.0. The van der Waals surface area contributed by atoms with E-state index in [1.54, 1.807) is 17.5 Å². The summed E-state index contributed by atoms with van der Waals surface area (Å²) in [6.45, 7) is 2.01. The van der Waals surface area contributed by atoms with E-state index in [0.717, 1.165) is 21.9 Å². The highest BCUT2D eigenvalue weighted by atomic mass is 32.1. The Morgan fingerprint density at radius 1 is 1.47 bits per heavy atom. The van der Waals surface area contributed by atoms with Gasteiger partial charge in [-0.3, -0.25) is 0 Å². The van der Waals surface area contributed by atoms with Crippen LogP contribution in [0.25, 0.3) is 0 Å². The summed E-state index contributed by atoms with van der Waals surface area (Å²) in [4.78, 5) is 4.25. The van der Waals surface area contributed by atoms with Crippen molar-refractivity contribution in [1.82, 2.24) is 4.98 Å². The molecule has 88 valence electrons. The Morgan fingerprint density at radius 3 is 3.12 bits per heavy atom. The Hall–Kier alpha value is -1.39. The number of nitrogens with zero attached hydrogens (tertiary/aromatic N) is 1. The fraction of sp³-hybridized carbons (Fsp3) is 0.308. The molecule has 0 bridgehead atoms. The lowest BCUT2D eigenvalue weighted by Gasteiger charge is -2.28. The fourth-order valence-electron chi connectivity index (χ4n) is 2.11. The van der Waals surface area contributed by atoms with E-state index in [9.17, 15) is 5.11 Å². The van der Waals surface area contributed by atoms with Crippen molar-refractivity contribution in [2.75, 3.05) is 0 Å². The Kier molecular flexibility index (Phi) is 2.61. The highest BCUT2D eigenvalue weighted by Gasteiger charge is 2.29. The zero-order valence-corrected chi connectivity index (χ0v) is 10.3. The summed E-state index contributed by atoms with van der Waals surface area (Å²) in [6, 6.07) is 5.90. The Balaban J connectivity index is 1.96. The average molecular weight is 247 g/mol. The molecule has 0 spiro atoms. The van der Waals surface area contributed by atoms with Crippen LogP contribution in [0.2, 0.25) is 0 Å². The average Bonchev–Trinajstić information content (AvgIpc) is 2.83. The number of thiazole rings is 1. The van der Waals surface area contributed by atoms with Crippen molar-refractivity contribution in [1.29, 1.82) is 0 Å². The molecule has 1 unspecified atom stereocenters. The maximum Gasteiger partial charge on any atom is 0.153 e. The maximum absolute atomic E-state index is 10.2. The molecule has 0 radical (unpaired) electrons. The Labute approximate surface area is 104 Å². The van der Waals surface area contributed by atoms with Crippen LogP contribution in [0.4, 0.5) is 0 Å². The van der Waals surface area contributed by atoms with Gasteiger partial charge in [-0.05, 0) is 19.1 Å². The number of hydrogen-bond donors (Lipinski definition) is 1. The third-order valence-corrected chi connectivity index (χ3v) is 3.83. The quantitative estimate of drug-likeness (QED) is 0.842. The molecular weight excluding hydrogens is 234 g/mol. The molecule has 1 aliphatic rings. The lowest BCUT2D eigenvalue weighted by Crippen LogP contribution is -2.18. The van der Waals surface area contributed by atoms with Gasteiger partial charge < -0.3 is 9.84 Å². The maximum atomic E-state index is 10.2. The SMILES string of the molecule is Cc1ccc2c(c1)[C@@H](O)CC(c1nccs1)O2. The van der Waals surface area contributed by atoms with Gasteiger partial charge in [0.15, 0.2) is 6.10 Å². The van der Waals surface area contributed by atoms with Gasteiger partial charge >= 0.3 is 0 Å². The first-order chi connectivity index (χ1) is 8.24. The van der Waals surface area contributed by atoms with Crippen LogP contribution in [0.1, 0.15) is 34.8 Å². The molecule has 1 aliphatic heterocycles. The van der Waals surface area contributed by atoms with Crippen LogP contribution in [-0.2, 0) is 0 Å². The first-order valence-corrected chi connectivity index (χ1v) is 6.46. The van der Waals surface area contributed by atoms with E-state index in [4.69, 9.17) is 4.74 Å². The molecular formula is C13H13NO2S. The molecule has 2 aromatic rings. The third-order valence-electron chi connectivity index (χ3n) is 2.96. The molecule has 0 fully saturated rings. The monoisotopic (exact) mass is 247 g/mol. The zero-order chi connectivity index (χ0) is 11.8. The molecule has 2 heterocycles. The van der Waals surface area contributed by atoms with E-state index >= 15 is 0 Å². The van der Waals surface area contributed by atoms with E-state index in [-0.39, 0.29) is 6.10 Å². The molecule has 0 saturated heterocycles. The number of aromatic nitrogens is 1. The second-order valence-corrected chi connectivity index (χ2v) is 5.20. The fourth-order valence-corrected chi connectivity index (χ4v) is 2.79. The Morgan fingerprint density at radius 2 is 2.35 bits per heavy atom. The summed E-state index contributed by atoms with van der Waals surface area (Å²) in [5.74, 6) is 0.773. The molecule has 4 heteroatoms. The summed E-state index contributed by atoms with van der Waals surface area (Å²) in [6.07, 6.45) is 1.75. The number of aliphatic hydroxyl groups is 1. The van der Waals surface area contributed by atoms with Crippen molar-refractivity contribution >= 4 is 11.3 Å². The van der Waals surface area contributed by atoms with Crippen LogP contribution < -0.4 is 4.74 Å². The molecule has 1 aromatic heterocycles. The first kappa shape index (κ1) is 10.7. The predicted molar refractivity (Wildman–Crippen MR) is 66.2 cm³/mol. The second kappa shape index (κ2) is 4.13. The molecule has 2 atom stereocenters. The van der Waals surface area contributed by atoms with Gasteiger partial charge in [0.1, 0.15) is 10.8 Å². The predicted octanol–water partition coefficient (Wildman–Crippen LogP) is 3.01. The highest BCUT2D eigenvalue weighted by Crippen LogP contribution is 2.41. The van der Waals surface area contributed by atoms with E-state index in [2.05, 4.69) is 4.98 Å². The van der Waals surface area contributed by atoms with Crippen LogP contribution >= 0.6 is 11.3 Å². The van der Waals surface area contributed by atoms with Gasteiger partial charge in [-0.2, -0.15) is 0 Å². The van der Waals surface area contributed by atoms with Crippen molar-refractivity contribution in [3.8, 4) is 5.75 Å². The molecule has 3 rings (SSSR count). The summed E-state index contributed by atoms with van der Waals surface area (Å²) < 4.78 is 5.89. The van der Waals surface area contributed by atoms with Gasteiger partial charge in [-0.1, -0.05) is 11.6 Å². The van der Waals surface area contributed by atoms with Gasteiger partial charge in [0.2, 0.25) is 0 Å². The van der Waals surface area contributed by atoms with E-state index < -0.39 is 6.10 Å². The van der Waals surface area contributed by atoms with Crippen LogP contribution in [0.3, 0.4) is 0 Å². The number of aliphatic hydroxyl groups excluding tert-OH is 1. The number of fused-ring (bicyclic) bond motifs is 1. The van der Waals surface area contributed by atoms with Crippen molar-refractivity contribution in [3.63, 3.8) is 0 Å². The van der Waals surface area contributed by atoms with Crippen LogP contribution in [0, 0.1) is 6.92 Å². The lowest BCUT2D eigenvalue weighted by molar-refractivity contribution is 0.0655. The molecule has 0 saturated carbocycles. The number of rotatable bonds is 1. The molecule has 0 aliphatic carbocycles. The zero-order valence-electron chi connectivity index (χ0n) is 9.46. The lowest BCUT2D eigenvalue weighted by atomic mass is 9.98. The summed E-state index contributed by atoms with van der Waals surface area (Å²) in [5.41, 5.74) is 2.02. The Bertz CT molecular complexity index is 524. The van der Waals surface area contributed by atoms with E-state index in [0.29, 0.717) is 6.42 Å². The minimum atomic E-state index is -0.465. The topological polar surface area (TPSA) is 42.4 Å². The largest absolute Gasteiger partial charge is 0.483 e. The minimum Gasteiger partial charge on any atom is -0.483 e. The number of hydrogen-bond acceptors (Lipinski definition) is 4. The van der Waals surface area contributed by atoms with Crippen molar-refractivity contribution in [3.05, 3.63) is 45.9 Å². The van der Waals surface area contributed by atoms with E-state index in [1.165, 1.54) is 0 Å². The van der Waals surface area contributed by atoms with Gasteiger partial charge in [0.05, 0.1) is 6.10 Å². The van der Waals surface area contributed by atoms with Crippen LogP contribution in [-0.4, -0.2) is 10.1 Å². The van der Waals surface area contributed by atoms with Crippen LogP contribution in [0.15, 0.2) is 29.8 Å². The second-order valence-electron chi connectivity index (χ2n) is 4.27. The van der Waals surface area contributed by atoms with Gasteiger partial charge in [0.25, 0.3) is 0 Å². The highest BCUT2D eigenvalue weighted by molar-refractivity contribution is 7.09. The third kappa shape index (κ3) is 1.94. The standard InChI is InChI=1S/C13H13NO2S/c1-8-2-3-11-9(6-8)10(15)7-12(16-11)13-14-4-5-17-13/h2-6,10,12,15H,7H2,1H3/t10-,12?/m0/s1. The van der Waals surface area contributed by atoms with Gasteiger partial charge in [-0.25, -0.2) is 4.98 Å². The molecule has 0 amide bonds. The van der Waals surface area contributed by atoms with Gasteiger partial charge in [-0.15, -0.1) is 11.3 Å². The van der Waals surface area contributed by atoms with Crippen molar-refractivity contribution in [2.24, 2.45) is 0 Å². The first-order valence-electron chi connectivity index (χ1n) is 5.58. The number of aryl methyl sites for hydroxylation is 1. The van der Waals surface area contributed by atoms with Crippen LogP contribution in [0.5, 0.6) is 5.75 Å². The summed E-state index contributed by atoms with van der Waals surface area (Å²) in [7, 11) is 0. The minimum absolute atomic E-state index is 0.125. The normalized spacial score (nSPS) is 22.9. The summed E-state index contributed by atoms with van der Waals surface area (Å²) >= 11 is 1.56.